The first-order chi connectivity index (χ1) is 5.91. The predicted octanol–water partition coefficient (Wildman–Crippen LogP) is 2.67. The normalized spacial score (nSPS) is 14.2. The monoisotopic (exact) mass is 304 g/mol. The van der Waals surface area contributed by atoms with Gasteiger partial charge in [-0.3, -0.25) is 0 Å². The molecule has 1 rings (SSSR count). The van der Waals surface area contributed by atoms with E-state index < -0.39 is 11.7 Å². The number of halogens is 3. The molecule has 0 aromatic heterocycles. The minimum atomic E-state index is -4.22. The summed E-state index contributed by atoms with van der Waals surface area (Å²) in [5, 5.41) is 0. The van der Waals surface area contributed by atoms with Gasteiger partial charge in [0.1, 0.15) is 0 Å². The van der Waals surface area contributed by atoms with Crippen LogP contribution in [0.2, 0.25) is 0 Å². The summed E-state index contributed by atoms with van der Waals surface area (Å²) in [5.74, 6) is 0. The number of alkyl halides is 3. The van der Waals surface area contributed by atoms with Gasteiger partial charge in [-0.1, -0.05) is 0 Å². The molecule has 0 aliphatic heterocycles. The van der Waals surface area contributed by atoms with Crippen LogP contribution in [0.15, 0.2) is 24.3 Å². The molecule has 0 saturated heterocycles. The van der Waals surface area contributed by atoms with Crippen LogP contribution in [0.25, 0.3) is 0 Å². The van der Waals surface area contributed by atoms with Crippen molar-refractivity contribution in [2.75, 3.05) is 0 Å². The average Bonchev–Trinajstić information content (AvgIpc) is 2.03. The Balaban J connectivity index is 2.94. The molecule has 0 aliphatic rings. The van der Waals surface area contributed by atoms with E-state index in [1.54, 1.807) is 22.3 Å². The summed E-state index contributed by atoms with van der Waals surface area (Å²) in [4.78, 5) is 0. The van der Waals surface area contributed by atoms with Gasteiger partial charge in [-0.05, 0) is 0 Å². The molecule has 0 bridgehead atoms. The standard InChI is InChI=1S/C9H9F3Te/c1-6(13)7-2-4-8(5-3-7)9(10,11)12/h2-6,13H,1H3. The summed E-state index contributed by atoms with van der Waals surface area (Å²) >= 11 is 1.59. The first-order valence-corrected chi connectivity index (χ1v) is 5.24. The molecule has 0 aliphatic carbocycles. The van der Waals surface area contributed by atoms with Crippen LogP contribution in [0.5, 0.6) is 0 Å². The summed E-state index contributed by atoms with van der Waals surface area (Å²) in [5.41, 5.74) is 0.366. The summed E-state index contributed by atoms with van der Waals surface area (Å²) in [7, 11) is 0. The summed E-state index contributed by atoms with van der Waals surface area (Å²) in [6.45, 7) is 1.97. The molecule has 72 valence electrons. The molecule has 13 heavy (non-hydrogen) atoms. The van der Waals surface area contributed by atoms with Crippen molar-refractivity contribution in [3.8, 4) is 0 Å². The zero-order valence-corrected chi connectivity index (χ0v) is 9.52. The first kappa shape index (κ1) is 10.9. The molecular weight excluding hydrogens is 293 g/mol. The van der Waals surface area contributed by atoms with E-state index in [2.05, 4.69) is 0 Å². The Bertz CT molecular complexity index is 274. The maximum atomic E-state index is 12.1. The molecule has 0 radical (unpaired) electrons. The fourth-order valence-electron chi connectivity index (χ4n) is 0.951. The molecule has 0 amide bonds. The van der Waals surface area contributed by atoms with E-state index >= 15 is 0 Å². The molecule has 0 spiro atoms. The Morgan fingerprint density at radius 3 is 1.92 bits per heavy atom. The molecule has 0 heterocycles. The summed E-state index contributed by atoms with van der Waals surface area (Å²) in [6.07, 6.45) is -4.22. The van der Waals surface area contributed by atoms with Gasteiger partial charge in [-0.2, -0.15) is 0 Å². The van der Waals surface area contributed by atoms with Gasteiger partial charge in [0.2, 0.25) is 0 Å². The van der Waals surface area contributed by atoms with Crippen molar-refractivity contribution in [1.29, 1.82) is 0 Å². The zero-order chi connectivity index (χ0) is 10.1. The number of hydrogen-bond donors (Lipinski definition) is 0. The van der Waals surface area contributed by atoms with Gasteiger partial charge in [0.05, 0.1) is 0 Å². The van der Waals surface area contributed by atoms with Crippen LogP contribution < -0.4 is 0 Å². The first-order valence-electron chi connectivity index (χ1n) is 3.76. The molecule has 1 atom stereocenters. The second-order valence-corrected chi connectivity index (χ2v) is 5.01. The third-order valence-electron chi connectivity index (χ3n) is 1.72. The topological polar surface area (TPSA) is 0 Å². The average molecular weight is 302 g/mol. The van der Waals surface area contributed by atoms with Crippen molar-refractivity contribution in [2.24, 2.45) is 0 Å². The van der Waals surface area contributed by atoms with E-state index in [0.29, 0.717) is 3.97 Å². The van der Waals surface area contributed by atoms with Crippen molar-refractivity contribution in [3.05, 3.63) is 35.4 Å². The summed E-state index contributed by atoms with van der Waals surface area (Å²) < 4.78 is 36.7. The molecule has 0 N–H and O–H groups in total. The van der Waals surface area contributed by atoms with Crippen molar-refractivity contribution in [2.45, 2.75) is 17.1 Å². The zero-order valence-electron chi connectivity index (χ0n) is 6.97. The number of hydrogen-bond acceptors (Lipinski definition) is 0. The molecule has 1 unspecified atom stereocenters. The fraction of sp³-hybridized carbons (Fsp3) is 0.333. The fourth-order valence-corrected chi connectivity index (χ4v) is 1.44. The minimum absolute atomic E-state index is 0.316. The molecule has 0 nitrogen and oxygen atoms in total. The molecule has 0 saturated carbocycles. The molecule has 4 heteroatoms. The van der Waals surface area contributed by atoms with Crippen molar-refractivity contribution in [3.63, 3.8) is 0 Å². The van der Waals surface area contributed by atoms with Gasteiger partial charge in [-0.15, -0.1) is 0 Å². The van der Waals surface area contributed by atoms with Crippen LogP contribution in [0.1, 0.15) is 22.0 Å². The second-order valence-electron chi connectivity index (χ2n) is 2.80. The van der Waals surface area contributed by atoms with Crippen LogP contribution in [-0.2, 0) is 6.18 Å². The van der Waals surface area contributed by atoms with Crippen LogP contribution >= 0.6 is 0 Å². The SMILES string of the molecule is CC([TeH])c1ccc(C(F)(F)F)cc1. The van der Waals surface area contributed by atoms with Crippen molar-refractivity contribution in [1.82, 2.24) is 0 Å². The van der Waals surface area contributed by atoms with Gasteiger partial charge < -0.3 is 0 Å². The van der Waals surface area contributed by atoms with Crippen molar-refractivity contribution >= 4 is 22.3 Å². The van der Waals surface area contributed by atoms with Gasteiger partial charge in [0.15, 0.2) is 0 Å². The molecule has 1 aromatic rings. The van der Waals surface area contributed by atoms with Gasteiger partial charge in [0, 0.05) is 0 Å². The second kappa shape index (κ2) is 3.89. The van der Waals surface area contributed by atoms with Gasteiger partial charge in [0.25, 0.3) is 0 Å². The summed E-state index contributed by atoms with van der Waals surface area (Å²) in [6, 6.07) is 5.32. The quantitative estimate of drug-likeness (QED) is 0.700. The van der Waals surface area contributed by atoms with Crippen LogP contribution in [0.3, 0.4) is 0 Å². The van der Waals surface area contributed by atoms with E-state index in [1.807, 2.05) is 6.92 Å². The molecule has 1 aromatic carbocycles. The Morgan fingerprint density at radius 1 is 1.15 bits per heavy atom. The van der Waals surface area contributed by atoms with E-state index in [0.717, 1.165) is 17.7 Å². The predicted molar refractivity (Wildman–Crippen MR) is 47.0 cm³/mol. The van der Waals surface area contributed by atoms with E-state index in [4.69, 9.17) is 0 Å². The third-order valence-corrected chi connectivity index (χ3v) is 2.57. The van der Waals surface area contributed by atoms with Gasteiger partial charge >= 0.3 is 87.9 Å². The Kier molecular flexibility index (Phi) is 3.26. The van der Waals surface area contributed by atoms with E-state index in [1.165, 1.54) is 12.1 Å². The van der Waals surface area contributed by atoms with Crippen LogP contribution in [-0.4, -0.2) is 22.3 Å². The maximum absolute atomic E-state index is 12.1. The molecule has 0 fully saturated rings. The van der Waals surface area contributed by atoms with Crippen LogP contribution in [0.4, 0.5) is 13.2 Å². The van der Waals surface area contributed by atoms with Gasteiger partial charge in [-0.25, -0.2) is 0 Å². The Hall–Kier alpha value is -0.200. The van der Waals surface area contributed by atoms with E-state index in [-0.39, 0.29) is 0 Å². The Labute approximate surface area is 88.0 Å². The third kappa shape index (κ3) is 2.89. The molecular formula is C9H9F3Te. The number of benzene rings is 1. The van der Waals surface area contributed by atoms with Crippen LogP contribution in [0, 0.1) is 0 Å². The Morgan fingerprint density at radius 2 is 1.62 bits per heavy atom. The number of rotatable bonds is 1. The van der Waals surface area contributed by atoms with E-state index in [9.17, 15) is 13.2 Å². The van der Waals surface area contributed by atoms with Crippen molar-refractivity contribution < 1.29 is 13.2 Å².